The summed E-state index contributed by atoms with van der Waals surface area (Å²) in [4.78, 5) is 20.1. The molecule has 0 saturated heterocycles. The number of thiazole rings is 1. The lowest BCUT2D eigenvalue weighted by Crippen LogP contribution is -2.30. The van der Waals surface area contributed by atoms with E-state index >= 15 is 0 Å². The van der Waals surface area contributed by atoms with Crippen LogP contribution in [0.25, 0.3) is 10.2 Å². The van der Waals surface area contributed by atoms with Gasteiger partial charge in [0.25, 0.3) is 5.91 Å². The summed E-state index contributed by atoms with van der Waals surface area (Å²) in [5, 5.41) is 0.560. The molecule has 4 aromatic rings. The van der Waals surface area contributed by atoms with Crippen LogP contribution in [0.2, 0.25) is 0 Å². The molecule has 0 bridgehead atoms. The Labute approximate surface area is 197 Å². The van der Waals surface area contributed by atoms with Crippen LogP contribution in [0.4, 0.5) is 5.13 Å². The number of aromatic nitrogens is 1. The molecular weight excluding hydrogens is 458 g/mol. The number of amides is 1. The number of para-hydroxylation sites is 1. The summed E-state index contributed by atoms with van der Waals surface area (Å²) >= 11 is 1.44. The van der Waals surface area contributed by atoms with Crippen LogP contribution in [0.1, 0.15) is 41.4 Å². The molecule has 0 spiro atoms. The molecule has 1 amide bonds. The SMILES string of the molecule is CC(C)c1cccc2sc(N(Cc3ccco3)C(=O)c3ccc(S(=O)(=O)N(C)C)cc3)nc12. The first-order valence-electron chi connectivity index (χ1n) is 10.4. The maximum atomic E-state index is 13.6. The molecule has 0 fully saturated rings. The summed E-state index contributed by atoms with van der Waals surface area (Å²) in [5.74, 6) is 0.632. The predicted molar refractivity (Wildman–Crippen MR) is 130 cm³/mol. The molecule has 0 unspecified atom stereocenters. The van der Waals surface area contributed by atoms with E-state index in [1.807, 2.05) is 12.1 Å². The van der Waals surface area contributed by atoms with Gasteiger partial charge in [-0.25, -0.2) is 17.7 Å². The highest BCUT2D eigenvalue weighted by molar-refractivity contribution is 7.89. The van der Waals surface area contributed by atoms with E-state index in [4.69, 9.17) is 9.40 Å². The minimum Gasteiger partial charge on any atom is -0.467 e. The second kappa shape index (κ2) is 9.09. The predicted octanol–water partition coefficient (Wildman–Crippen LogP) is 5.11. The topological polar surface area (TPSA) is 83.7 Å². The van der Waals surface area contributed by atoms with Crippen molar-refractivity contribution in [2.24, 2.45) is 0 Å². The van der Waals surface area contributed by atoms with Crippen molar-refractivity contribution >= 4 is 42.6 Å². The molecule has 172 valence electrons. The minimum absolute atomic E-state index is 0.128. The molecule has 0 aliphatic rings. The van der Waals surface area contributed by atoms with Crippen molar-refractivity contribution in [2.75, 3.05) is 19.0 Å². The Hall–Kier alpha value is -3.01. The highest BCUT2D eigenvalue weighted by Gasteiger charge is 2.25. The molecule has 7 nitrogen and oxygen atoms in total. The molecule has 2 heterocycles. The van der Waals surface area contributed by atoms with Crippen molar-refractivity contribution in [2.45, 2.75) is 31.2 Å². The van der Waals surface area contributed by atoms with Crippen LogP contribution in [0, 0.1) is 0 Å². The van der Waals surface area contributed by atoms with Crippen LogP contribution in [0.5, 0.6) is 0 Å². The zero-order chi connectivity index (χ0) is 23.8. The molecule has 33 heavy (non-hydrogen) atoms. The van der Waals surface area contributed by atoms with Crippen molar-refractivity contribution in [1.82, 2.24) is 9.29 Å². The Kier molecular flexibility index (Phi) is 6.38. The first kappa shape index (κ1) is 23.2. The van der Waals surface area contributed by atoms with Crippen LogP contribution in [0.3, 0.4) is 0 Å². The van der Waals surface area contributed by atoms with Crippen molar-refractivity contribution in [1.29, 1.82) is 0 Å². The Morgan fingerprint density at radius 2 is 1.79 bits per heavy atom. The number of sulfonamides is 1. The van der Waals surface area contributed by atoms with Gasteiger partial charge in [-0.1, -0.05) is 37.3 Å². The zero-order valence-corrected chi connectivity index (χ0v) is 20.5. The Balaban J connectivity index is 1.75. The monoisotopic (exact) mass is 483 g/mol. The normalized spacial score (nSPS) is 12.1. The van der Waals surface area contributed by atoms with Crippen molar-refractivity contribution in [3.8, 4) is 0 Å². The van der Waals surface area contributed by atoms with E-state index in [0.29, 0.717) is 22.4 Å². The van der Waals surface area contributed by atoms with Gasteiger partial charge in [-0.15, -0.1) is 0 Å². The maximum Gasteiger partial charge on any atom is 0.260 e. The van der Waals surface area contributed by atoms with Gasteiger partial charge in [0.2, 0.25) is 10.0 Å². The molecule has 4 rings (SSSR count). The lowest BCUT2D eigenvalue weighted by molar-refractivity contribution is 0.0983. The number of carbonyl (C=O) groups is 1. The molecule has 2 aromatic heterocycles. The third kappa shape index (κ3) is 4.57. The number of furan rings is 1. The van der Waals surface area contributed by atoms with Gasteiger partial charge in [0.15, 0.2) is 5.13 Å². The van der Waals surface area contributed by atoms with E-state index in [0.717, 1.165) is 20.1 Å². The van der Waals surface area contributed by atoms with Crippen molar-refractivity contribution in [3.63, 3.8) is 0 Å². The number of hydrogen-bond acceptors (Lipinski definition) is 6. The third-order valence-electron chi connectivity index (χ3n) is 5.31. The number of benzene rings is 2. The number of fused-ring (bicyclic) bond motifs is 1. The van der Waals surface area contributed by atoms with E-state index < -0.39 is 10.0 Å². The molecule has 0 radical (unpaired) electrons. The number of rotatable bonds is 7. The molecule has 0 aliphatic carbocycles. The fourth-order valence-electron chi connectivity index (χ4n) is 3.46. The molecular formula is C24H25N3O4S2. The smallest absolute Gasteiger partial charge is 0.260 e. The van der Waals surface area contributed by atoms with Gasteiger partial charge >= 0.3 is 0 Å². The minimum atomic E-state index is -3.58. The van der Waals surface area contributed by atoms with Gasteiger partial charge < -0.3 is 4.42 Å². The first-order chi connectivity index (χ1) is 15.7. The molecule has 9 heteroatoms. The lowest BCUT2D eigenvalue weighted by Gasteiger charge is -2.19. The fourth-order valence-corrected chi connectivity index (χ4v) is 5.36. The summed E-state index contributed by atoms with van der Waals surface area (Å²) in [7, 11) is -0.639. The number of hydrogen-bond donors (Lipinski definition) is 0. The van der Waals surface area contributed by atoms with Crippen LogP contribution in [-0.2, 0) is 16.6 Å². The molecule has 0 atom stereocenters. The van der Waals surface area contributed by atoms with Gasteiger partial charge in [0, 0.05) is 19.7 Å². The van der Waals surface area contributed by atoms with E-state index in [-0.39, 0.29) is 17.3 Å². The summed E-state index contributed by atoms with van der Waals surface area (Å²) in [5.41, 5.74) is 2.37. The summed E-state index contributed by atoms with van der Waals surface area (Å²) in [6.07, 6.45) is 1.56. The first-order valence-corrected chi connectivity index (χ1v) is 12.7. The van der Waals surface area contributed by atoms with E-state index in [2.05, 4.69) is 19.9 Å². The average molecular weight is 484 g/mol. The van der Waals surface area contributed by atoms with E-state index in [9.17, 15) is 13.2 Å². The number of carbonyl (C=O) groups excluding carboxylic acids is 1. The van der Waals surface area contributed by atoms with Crippen LogP contribution < -0.4 is 4.90 Å². The zero-order valence-electron chi connectivity index (χ0n) is 18.8. The van der Waals surface area contributed by atoms with Crippen LogP contribution >= 0.6 is 11.3 Å². The molecule has 0 saturated carbocycles. The highest BCUT2D eigenvalue weighted by atomic mass is 32.2. The maximum absolute atomic E-state index is 13.6. The van der Waals surface area contributed by atoms with Gasteiger partial charge in [0.1, 0.15) is 5.76 Å². The fraction of sp³-hybridized carbons (Fsp3) is 0.250. The summed E-state index contributed by atoms with van der Waals surface area (Å²) in [6, 6.07) is 15.6. The molecule has 0 N–H and O–H groups in total. The van der Waals surface area contributed by atoms with Gasteiger partial charge in [-0.3, -0.25) is 9.69 Å². The Bertz CT molecular complexity index is 1370. The van der Waals surface area contributed by atoms with E-state index in [1.165, 1.54) is 49.7 Å². The molecule has 0 aliphatic heterocycles. The standard InChI is InChI=1S/C24H25N3O4S2/c1-16(2)20-8-5-9-21-22(20)25-24(32-21)27(15-18-7-6-14-31-18)23(28)17-10-12-19(13-11-17)33(29,30)26(3)4/h5-14,16H,15H2,1-4H3. The number of nitrogens with zero attached hydrogens (tertiary/aromatic N) is 3. The highest BCUT2D eigenvalue weighted by Crippen LogP contribution is 2.35. The average Bonchev–Trinajstić information content (AvgIpc) is 3.46. The van der Waals surface area contributed by atoms with Crippen molar-refractivity contribution < 1.29 is 17.6 Å². The van der Waals surface area contributed by atoms with E-state index in [1.54, 1.807) is 23.3 Å². The van der Waals surface area contributed by atoms with Gasteiger partial charge in [-0.2, -0.15) is 0 Å². The van der Waals surface area contributed by atoms with Crippen LogP contribution in [0.15, 0.2) is 70.2 Å². The third-order valence-corrected chi connectivity index (χ3v) is 8.18. The second-order valence-electron chi connectivity index (χ2n) is 8.13. The second-order valence-corrected chi connectivity index (χ2v) is 11.3. The quantitative estimate of drug-likeness (QED) is 0.365. The Morgan fingerprint density at radius 3 is 2.39 bits per heavy atom. The Morgan fingerprint density at radius 1 is 1.06 bits per heavy atom. The lowest BCUT2D eigenvalue weighted by atomic mass is 10.0. The summed E-state index contributed by atoms with van der Waals surface area (Å²) < 4.78 is 32.4. The number of anilines is 1. The van der Waals surface area contributed by atoms with Gasteiger partial charge in [-0.05, 0) is 53.9 Å². The summed E-state index contributed by atoms with van der Waals surface area (Å²) in [6.45, 7) is 4.44. The molecule has 2 aromatic carbocycles. The van der Waals surface area contributed by atoms with Gasteiger partial charge in [0.05, 0.1) is 27.9 Å². The largest absolute Gasteiger partial charge is 0.467 e. The van der Waals surface area contributed by atoms with Crippen molar-refractivity contribution in [3.05, 3.63) is 77.7 Å². The van der Waals surface area contributed by atoms with Crippen LogP contribution in [-0.4, -0.2) is 37.7 Å².